The van der Waals surface area contributed by atoms with E-state index in [1.54, 1.807) is 17.8 Å². The summed E-state index contributed by atoms with van der Waals surface area (Å²) in [6, 6.07) is 0. The second-order valence-corrected chi connectivity index (χ2v) is 6.28. The number of aliphatic carboxylic acids is 1. The molecule has 0 unspecified atom stereocenters. The van der Waals surface area contributed by atoms with Gasteiger partial charge in [-0.1, -0.05) is 0 Å². The van der Waals surface area contributed by atoms with Crippen LogP contribution in [-0.2, 0) is 11.2 Å². The van der Waals surface area contributed by atoms with E-state index in [-0.39, 0.29) is 6.42 Å². The molecule has 2 aromatic heterocycles. The third-order valence-electron chi connectivity index (χ3n) is 1.64. The lowest BCUT2D eigenvalue weighted by Crippen LogP contribution is -1.99. The van der Waals surface area contributed by atoms with Gasteiger partial charge in [0.15, 0.2) is 9.50 Å². The molecule has 0 saturated heterocycles. The predicted octanol–water partition coefficient (Wildman–Crippen LogP) is 2.32. The quantitative estimate of drug-likeness (QED) is 0.649. The fourth-order valence-electron chi connectivity index (χ4n) is 1.00. The molecular formula is C9H6IN3O2S2. The highest BCUT2D eigenvalue weighted by Crippen LogP contribution is 2.27. The van der Waals surface area contributed by atoms with Crippen molar-refractivity contribution in [2.24, 2.45) is 0 Å². The number of aromatic nitrogens is 3. The molecule has 2 heterocycles. The maximum atomic E-state index is 10.5. The number of thiazole rings is 1. The van der Waals surface area contributed by atoms with Gasteiger partial charge in [-0.25, -0.2) is 15.0 Å². The van der Waals surface area contributed by atoms with Crippen LogP contribution in [0.5, 0.6) is 0 Å². The van der Waals surface area contributed by atoms with Crippen molar-refractivity contribution >= 4 is 51.7 Å². The molecule has 0 atom stereocenters. The van der Waals surface area contributed by atoms with E-state index in [1.165, 1.54) is 23.1 Å². The first-order chi connectivity index (χ1) is 8.13. The van der Waals surface area contributed by atoms with Gasteiger partial charge in [0.25, 0.3) is 0 Å². The largest absolute Gasteiger partial charge is 0.481 e. The molecule has 0 amide bonds. The van der Waals surface area contributed by atoms with E-state index >= 15 is 0 Å². The lowest BCUT2D eigenvalue weighted by molar-refractivity contribution is -0.136. The third kappa shape index (κ3) is 3.89. The zero-order valence-corrected chi connectivity index (χ0v) is 12.1. The van der Waals surface area contributed by atoms with Gasteiger partial charge in [0.2, 0.25) is 0 Å². The minimum atomic E-state index is -0.877. The lowest BCUT2D eigenvalue weighted by atomic mass is 10.3. The fourth-order valence-corrected chi connectivity index (χ4v) is 2.91. The molecule has 0 aromatic carbocycles. The van der Waals surface area contributed by atoms with Crippen LogP contribution in [0.4, 0.5) is 0 Å². The first kappa shape index (κ1) is 12.7. The fraction of sp³-hybridized carbons (Fsp3) is 0.111. The summed E-state index contributed by atoms with van der Waals surface area (Å²) in [4.78, 5) is 23.0. The monoisotopic (exact) mass is 379 g/mol. The standard InChI is InChI=1S/C9H6IN3O2S2/c10-5-2-11-8(12-3-5)17-9-13-6(4-16-9)1-7(14)15/h2-4H,1H2,(H,14,15). The van der Waals surface area contributed by atoms with E-state index in [1.807, 2.05) is 0 Å². The van der Waals surface area contributed by atoms with E-state index in [4.69, 9.17) is 5.11 Å². The highest BCUT2D eigenvalue weighted by molar-refractivity contribution is 14.1. The molecule has 2 aromatic rings. The lowest BCUT2D eigenvalue weighted by Gasteiger charge is -1.95. The van der Waals surface area contributed by atoms with Crippen LogP contribution < -0.4 is 0 Å². The van der Waals surface area contributed by atoms with E-state index in [0.717, 1.165) is 7.91 Å². The van der Waals surface area contributed by atoms with Gasteiger partial charge in [-0.05, 0) is 34.4 Å². The van der Waals surface area contributed by atoms with Gasteiger partial charge in [0.05, 0.1) is 12.1 Å². The van der Waals surface area contributed by atoms with Crippen LogP contribution in [0.3, 0.4) is 0 Å². The van der Waals surface area contributed by atoms with Crippen LogP contribution in [0.15, 0.2) is 27.3 Å². The number of carbonyl (C=O) groups is 1. The number of carboxylic acid groups (broad SMARTS) is 1. The second kappa shape index (κ2) is 5.74. The molecule has 2 rings (SSSR count). The van der Waals surface area contributed by atoms with E-state index < -0.39 is 5.97 Å². The summed E-state index contributed by atoms with van der Waals surface area (Å²) in [7, 11) is 0. The predicted molar refractivity (Wildman–Crippen MR) is 72.3 cm³/mol. The number of halogens is 1. The Bertz CT molecular complexity index is 529. The first-order valence-electron chi connectivity index (χ1n) is 4.45. The zero-order valence-electron chi connectivity index (χ0n) is 8.33. The maximum absolute atomic E-state index is 10.5. The number of nitrogens with zero attached hydrogens (tertiary/aromatic N) is 3. The number of hydrogen-bond donors (Lipinski definition) is 1. The SMILES string of the molecule is O=C(O)Cc1csc(Sc2ncc(I)cn2)n1. The molecule has 0 aliphatic carbocycles. The van der Waals surface area contributed by atoms with Crippen LogP contribution in [0, 0.1) is 3.57 Å². The smallest absolute Gasteiger partial charge is 0.309 e. The van der Waals surface area contributed by atoms with Crippen LogP contribution >= 0.6 is 45.7 Å². The number of hydrogen-bond acceptors (Lipinski definition) is 6. The molecule has 0 aliphatic heterocycles. The summed E-state index contributed by atoms with van der Waals surface area (Å²) in [5.41, 5.74) is 0.565. The van der Waals surface area contributed by atoms with Gasteiger partial charge in [-0.2, -0.15) is 0 Å². The van der Waals surface area contributed by atoms with Gasteiger partial charge < -0.3 is 5.11 Å². The van der Waals surface area contributed by atoms with Gasteiger partial charge >= 0.3 is 5.97 Å². The van der Waals surface area contributed by atoms with Crippen LogP contribution in [0.2, 0.25) is 0 Å². The molecule has 17 heavy (non-hydrogen) atoms. The molecule has 88 valence electrons. The summed E-state index contributed by atoms with van der Waals surface area (Å²) < 4.78 is 1.72. The Balaban J connectivity index is 2.06. The van der Waals surface area contributed by atoms with Crippen molar-refractivity contribution in [3.8, 4) is 0 Å². The normalized spacial score (nSPS) is 10.4. The van der Waals surface area contributed by atoms with Gasteiger partial charge in [-0.3, -0.25) is 4.79 Å². The Morgan fingerprint density at radius 3 is 2.82 bits per heavy atom. The molecule has 5 nitrogen and oxygen atoms in total. The Morgan fingerprint density at radius 1 is 1.47 bits per heavy atom. The minimum absolute atomic E-state index is 0.0510. The molecule has 8 heteroatoms. The highest BCUT2D eigenvalue weighted by atomic mass is 127. The Hall–Kier alpha value is -0.740. The molecular weight excluding hydrogens is 373 g/mol. The van der Waals surface area contributed by atoms with Crippen molar-refractivity contribution in [3.05, 3.63) is 27.0 Å². The molecule has 0 spiro atoms. The summed E-state index contributed by atoms with van der Waals surface area (Å²) in [6.07, 6.45) is 3.40. The maximum Gasteiger partial charge on any atom is 0.309 e. The molecule has 0 bridgehead atoms. The van der Waals surface area contributed by atoms with Crippen molar-refractivity contribution in [1.82, 2.24) is 15.0 Å². The Kier molecular flexibility index (Phi) is 4.29. The number of rotatable bonds is 4. The summed E-state index contributed by atoms with van der Waals surface area (Å²) >= 11 is 4.86. The van der Waals surface area contributed by atoms with E-state index in [2.05, 4.69) is 37.5 Å². The van der Waals surface area contributed by atoms with E-state index in [9.17, 15) is 4.79 Å². The second-order valence-electron chi connectivity index (χ2n) is 2.96. The average Bonchev–Trinajstić information content (AvgIpc) is 2.68. The number of carboxylic acids is 1. The average molecular weight is 379 g/mol. The third-order valence-corrected chi connectivity index (χ3v) is 4.08. The minimum Gasteiger partial charge on any atom is -0.481 e. The van der Waals surface area contributed by atoms with Crippen molar-refractivity contribution in [2.75, 3.05) is 0 Å². The van der Waals surface area contributed by atoms with Crippen LogP contribution in [-0.4, -0.2) is 26.0 Å². The molecule has 1 N–H and O–H groups in total. The van der Waals surface area contributed by atoms with Crippen molar-refractivity contribution in [2.45, 2.75) is 15.9 Å². The molecule has 0 aliphatic rings. The Labute approximate surface area is 119 Å². The van der Waals surface area contributed by atoms with Crippen LogP contribution in [0.1, 0.15) is 5.69 Å². The highest BCUT2D eigenvalue weighted by Gasteiger charge is 2.08. The van der Waals surface area contributed by atoms with Gasteiger partial charge in [0, 0.05) is 21.3 Å². The zero-order chi connectivity index (χ0) is 12.3. The van der Waals surface area contributed by atoms with Crippen LogP contribution in [0.25, 0.3) is 0 Å². The first-order valence-corrected chi connectivity index (χ1v) is 7.22. The Morgan fingerprint density at radius 2 is 2.18 bits per heavy atom. The molecule has 0 saturated carbocycles. The topological polar surface area (TPSA) is 76.0 Å². The summed E-state index contributed by atoms with van der Waals surface area (Å²) in [6.45, 7) is 0. The molecule has 0 fully saturated rings. The summed E-state index contributed by atoms with van der Waals surface area (Å²) in [5, 5.41) is 11.0. The van der Waals surface area contributed by atoms with Crippen molar-refractivity contribution in [3.63, 3.8) is 0 Å². The van der Waals surface area contributed by atoms with Gasteiger partial charge in [0.1, 0.15) is 0 Å². The molecule has 0 radical (unpaired) electrons. The van der Waals surface area contributed by atoms with Crippen molar-refractivity contribution in [1.29, 1.82) is 0 Å². The van der Waals surface area contributed by atoms with E-state index in [0.29, 0.717) is 10.9 Å². The van der Waals surface area contributed by atoms with Gasteiger partial charge in [-0.15, -0.1) is 11.3 Å². The summed E-state index contributed by atoms with van der Waals surface area (Å²) in [5.74, 6) is -0.877. The van der Waals surface area contributed by atoms with Crippen molar-refractivity contribution < 1.29 is 9.90 Å².